The van der Waals surface area contributed by atoms with Gasteiger partial charge in [0.25, 0.3) is 0 Å². The Morgan fingerprint density at radius 2 is 1.94 bits per heavy atom. The summed E-state index contributed by atoms with van der Waals surface area (Å²) < 4.78 is 7.46. The van der Waals surface area contributed by atoms with Crippen LogP contribution in [0.2, 0.25) is 0 Å². The average molecular weight is 485 g/mol. The minimum Gasteiger partial charge on any atom is -0.381 e. The minimum atomic E-state index is -0.839. The molecule has 10 nitrogen and oxygen atoms in total. The normalized spacial score (nSPS) is 22.9. The van der Waals surface area contributed by atoms with E-state index in [0.717, 1.165) is 46.7 Å². The molecule has 0 radical (unpaired) electrons. The molecule has 1 aromatic carbocycles. The van der Waals surface area contributed by atoms with Crippen LogP contribution < -0.4 is 10.6 Å². The third-order valence-corrected chi connectivity index (χ3v) is 7.34. The van der Waals surface area contributed by atoms with E-state index < -0.39 is 5.54 Å². The topological polar surface area (TPSA) is 120 Å². The number of carbonyl (C=O) groups is 1. The maximum absolute atomic E-state index is 13.0. The number of ether oxygens (including phenoxy) is 1. The lowest BCUT2D eigenvalue weighted by atomic mass is 9.84. The number of methoxy groups -OCH3 is 1. The fraction of sp³-hybridized carbons (Fsp3) is 0.385. The summed E-state index contributed by atoms with van der Waals surface area (Å²) in [6, 6.07) is 6.17. The van der Waals surface area contributed by atoms with Gasteiger partial charge in [0, 0.05) is 48.9 Å². The molecule has 3 aromatic heterocycles. The summed E-state index contributed by atoms with van der Waals surface area (Å²) in [5.41, 5.74) is 4.73. The van der Waals surface area contributed by atoms with Gasteiger partial charge in [-0.15, -0.1) is 0 Å². The summed E-state index contributed by atoms with van der Waals surface area (Å²) in [5.74, 6) is 1.40. The quantitative estimate of drug-likeness (QED) is 0.428. The molecule has 0 saturated heterocycles. The van der Waals surface area contributed by atoms with E-state index in [4.69, 9.17) is 9.72 Å². The smallest absolute Gasteiger partial charge is 0.249 e. The number of amides is 1. The van der Waals surface area contributed by atoms with Crippen LogP contribution in [0.4, 0.5) is 5.69 Å². The summed E-state index contributed by atoms with van der Waals surface area (Å²) in [5, 5.41) is 6.60. The van der Waals surface area contributed by atoms with Crippen LogP contribution in [0.1, 0.15) is 38.1 Å². The van der Waals surface area contributed by atoms with E-state index in [9.17, 15) is 4.79 Å². The molecule has 1 atom stereocenters. The van der Waals surface area contributed by atoms with Crippen LogP contribution in [0, 0.1) is 6.92 Å². The van der Waals surface area contributed by atoms with Crippen LogP contribution in [-0.4, -0.2) is 54.6 Å². The van der Waals surface area contributed by atoms with E-state index in [1.807, 2.05) is 36.6 Å². The van der Waals surface area contributed by atoms with Crippen molar-refractivity contribution in [3.8, 4) is 22.6 Å². The number of carbonyl (C=O) groups excluding carboxylic acids is 1. The Morgan fingerprint density at radius 3 is 2.67 bits per heavy atom. The monoisotopic (exact) mass is 484 g/mol. The Balaban J connectivity index is 1.43. The maximum Gasteiger partial charge on any atom is 0.249 e. The van der Waals surface area contributed by atoms with Gasteiger partial charge in [-0.25, -0.2) is 24.9 Å². The third-order valence-electron chi connectivity index (χ3n) is 7.34. The van der Waals surface area contributed by atoms with Crippen LogP contribution in [0.3, 0.4) is 0 Å². The molecule has 10 heteroatoms. The zero-order valence-corrected chi connectivity index (χ0v) is 20.7. The zero-order chi connectivity index (χ0) is 25.0. The Bertz CT molecular complexity index is 1480. The minimum absolute atomic E-state index is 0.0553. The highest BCUT2D eigenvalue weighted by atomic mass is 16.5. The molecule has 2 N–H and O–H groups in total. The van der Waals surface area contributed by atoms with E-state index >= 15 is 0 Å². The number of fused-ring (bicyclic) bond motifs is 2. The lowest BCUT2D eigenvalue weighted by Gasteiger charge is -2.39. The summed E-state index contributed by atoms with van der Waals surface area (Å²) >= 11 is 0. The first-order chi connectivity index (χ1) is 17.4. The first kappa shape index (κ1) is 22.7. The van der Waals surface area contributed by atoms with Crippen molar-refractivity contribution in [2.45, 2.75) is 57.8 Å². The van der Waals surface area contributed by atoms with Crippen LogP contribution in [0.25, 0.3) is 33.8 Å². The molecule has 1 aliphatic heterocycles. The van der Waals surface area contributed by atoms with Gasteiger partial charge in [-0.05, 0) is 45.7 Å². The van der Waals surface area contributed by atoms with Gasteiger partial charge in [-0.2, -0.15) is 0 Å². The van der Waals surface area contributed by atoms with Gasteiger partial charge in [0.2, 0.25) is 5.91 Å². The number of hydrogen-bond donors (Lipinski definition) is 2. The summed E-state index contributed by atoms with van der Waals surface area (Å²) in [6.07, 6.45) is 7.15. The second-order valence-corrected chi connectivity index (χ2v) is 9.60. The van der Waals surface area contributed by atoms with Gasteiger partial charge in [0.15, 0.2) is 5.65 Å². The number of nitrogens with one attached hydrogen (secondary N) is 2. The van der Waals surface area contributed by atoms with Crippen molar-refractivity contribution in [2.24, 2.45) is 0 Å². The molecule has 2 aliphatic rings. The SMILES string of the molecule is CCn1c(-c2cnc(C)nc2)nc2c(-c3ccc4c(c3)[C@](C)(NC3CC(OC)C3)C(=O)N4)ncnc21. The molecule has 0 spiro atoms. The van der Waals surface area contributed by atoms with Crippen molar-refractivity contribution in [2.75, 3.05) is 12.4 Å². The molecule has 6 rings (SSSR count). The third kappa shape index (κ3) is 3.48. The average Bonchev–Trinajstić information content (AvgIpc) is 3.36. The number of nitrogens with zero attached hydrogens (tertiary/aromatic N) is 6. The van der Waals surface area contributed by atoms with E-state index in [2.05, 4.69) is 37.5 Å². The van der Waals surface area contributed by atoms with Crippen molar-refractivity contribution in [1.29, 1.82) is 0 Å². The molecule has 1 fully saturated rings. The van der Waals surface area contributed by atoms with Gasteiger partial charge in [-0.1, -0.05) is 6.07 Å². The molecule has 0 bridgehead atoms. The number of aromatic nitrogens is 6. The van der Waals surface area contributed by atoms with Crippen LogP contribution in [0.15, 0.2) is 36.9 Å². The van der Waals surface area contributed by atoms with E-state index in [-0.39, 0.29) is 18.1 Å². The lowest BCUT2D eigenvalue weighted by Crippen LogP contribution is -2.56. The number of imidazole rings is 1. The molecule has 184 valence electrons. The van der Waals surface area contributed by atoms with Crippen LogP contribution >= 0.6 is 0 Å². The van der Waals surface area contributed by atoms with Gasteiger partial charge in [-0.3, -0.25) is 10.1 Å². The molecule has 1 saturated carbocycles. The largest absolute Gasteiger partial charge is 0.381 e. The molecule has 36 heavy (non-hydrogen) atoms. The second-order valence-electron chi connectivity index (χ2n) is 9.60. The molecule has 4 heterocycles. The molecular weight excluding hydrogens is 456 g/mol. The van der Waals surface area contributed by atoms with Crippen LogP contribution in [0.5, 0.6) is 0 Å². The second kappa shape index (κ2) is 8.42. The van der Waals surface area contributed by atoms with E-state index in [0.29, 0.717) is 23.6 Å². The Hall–Kier alpha value is -3.76. The molecular formula is C26H28N8O2. The van der Waals surface area contributed by atoms with Crippen molar-refractivity contribution < 1.29 is 9.53 Å². The predicted molar refractivity (Wildman–Crippen MR) is 135 cm³/mol. The van der Waals surface area contributed by atoms with Crippen molar-refractivity contribution in [3.63, 3.8) is 0 Å². The Morgan fingerprint density at radius 1 is 1.17 bits per heavy atom. The van der Waals surface area contributed by atoms with Crippen molar-refractivity contribution in [3.05, 3.63) is 48.3 Å². The van der Waals surface area contributed by atoms with Crippen molar-refractivity contribution in [1.82, 2.24) is 34.8 Å². The van der Waals surface area contributed by atoms with Gasteiger partial charge in [0.05, 0.1) is 11.7 Å². The Labute approximate surface area is 208 Å². The highest BCUT2D eigenvalue weighted by Gasteiger charge is 2.46. The van der Waals surface area contributed by atoms with Crippen molar-refractivity contribution >= 4 is 22.8 Å². The summed E-state index contributed by atoms with van der Waals surface area (Å²) in [4.78, 5) is 35.8. The number of rotatable bonds is 6. The number of aryl methyl sites for hydroxylation is 2. The number of hydrogen-bond acceptors (Lipinski definition) is 8. The van der Waals surface area contributed by atoms with Gasteiger partial charge >= 0.3 is 0 Å². The fourth-order valence-electron chi connectivity index (χ4n) is 5.19. The maximum atomic E-state index is 13.0. The standard InChI is InChI=1S/C26H28N8O2/c1-5-34-23(16-11-27-14(2)28-12-16)32-22-21(29-13-30-24(22)34)15-6-7-20-19(8-15)26(3,25(35)31-20)33-17-9-18(10-17)36-4/h6-8,11-13,17-18,33H,5,9-10H2,1-4H3,(H,31,35)/t17?,18?,26-/m0/s1. The number of benzene rings is 1. The summed E-state index contributed by atoms with van der Waals surface area (Å²) in [7, 11) is 1.73. The van der Waals surface area contributed by atoms with E-state index in [1.54, 1.807) is 25.8 Å². The van der Waals surface area contributed by atoms with Gasteiger partial charge < -0.3 is 14.6 Å². The van der Waals surface area contributed by atoms with Gasteiger partial charge in [0.1, 0.15) is 34.7 Å². The zero-order valence-electron chi connectivity index (χ0n) is 20.7. The number of anilines is 1. The molecule has 4 aromatic rings. The van der Waals surface area contributed by atoms with Crippen LogP contribution in [-0.2, 0) is 21.6 Å². The summed E-state index contributed by atoms with van der Waals surface area (Å²) in [6.45, 7) is 6.53. The fourth-order valence-corrected chi connectivity index (χ4v) is 5.19. The highest BCUT2D eigenvalue weighted by molar-refractivity contribution is 6.06. The first-order valence-corrected chi connectivity index (χ1v) is 12.2. The molecule has 1 aliphatic carbocycles. The predicted octanol–water partition coefficient (Wildman–Crippen LogP) is 3.21. The van der Waals surface area contributed by atoms with E-state index in [1.165, 1.54) is 0 Å². The highest BCUT2D eigenvalue weighted by Crippen LogP contribution is 2.41. The Kier molecular flexibility index (Phi) is 5.31. The first-order valence-electron chi connectivity index (χ1n) is 12.2. The lowest BCUT2D eigenvalue weighted by molar-refractivity contribution is -0.122. The molecule has 0 unspecified atom stereocenters. The molecule has 1 amide bonds.